The van der Waals surface area contributed by atoms with Crippen LogP contribution in [0.4, 0.5) is 0 Å². The highest BCUT2D eigenvalue weighted by atomic mass is 16.5. The molecule has 0 saturated carbocycles. The van der Waals surface area contributed by atoms with Crippen LogP contribution in [0.25, 0.3) is 11.4 Å². The second kappa shape index (κ2) is 6.30. The van der Waals surface area contributed by atoms with Crippen molar-refractivity contribution >= 4 is 5.91 Å². The predicted octanol–water partition coefficient (Wildman–Crippen LogP) is 1.54. The highest BCUT2D eigenvalue weighted by Crippen LogP contribution is 2.15. The summed E-state index contributed by atoms with van der Waals surface area (Å²) >= 11 is 0. The number of likely N-dealkylation sites (tertiary alicyclic amines) is 1. The van der Waals surface area contributed by atoms with Gasteiger partial charge in [0.05, 0.1) is 12.2 Å². The molecule has 0 unspecified atom stereocenters. The lowest BCUT2D eigenvalue weighted by atomic mass is 10.2. The highest BCUT2D eigenvalue weighted by Gasteiger charge is 2.19. The molecule has 0 atom stereocenters. The topological polar surface area (TPSA) is 68.2 Å². The Morgan fingerprint density at radius 1 is 1.14 bits per heavy atom. The van der Waals surface area contributed by atoms with E-state index in [1.54, 1.807) is 12.3 Å². The molecule has 0 bridgehead atoms. The average Bonchev–Trinajstić information content (AvgIpc) is 2.94. The van der Waals surface area contributed by atoms with Gasteiger partial charge in [0.25, 0.3) is 0 Å². The van der Waals surface area contributed by atoms with Crippen molar-refractivity contribution in [3.63, 3.8) is 0 Å². The minimum atomic E-state index is 0.204. The van der Waals surface area contributed by atoms with E-state index in [1.165, 1.54) is 0 Å². The molecule has 1 aliphatic heterocycles. The summed E-state index contributed by atoms with van der Waals surface area (Å²) in [6.07, 6.45) is 3.31. The zero-order valence-electron chi connectivity index (χ0n) is 11.6. The molecule has 2 aromatic rings. The van der Waals surface area contributed by atoms with Gasteiger partial charge in [0, 0.05) is 25.2 Å². The fourth-order valence-electron chi connectivity index (χ4n) is 2.25. The van der Waals surface area contributed by atoms with E-state index in [2.05, 4.69) is 15.2 Å². The number of rotatable bonds is 5. The molecular formula is C15H16N4O2. The standard InChI is InChI=1S/C15H16N4O2/c20-15-5-3-9-19(15)10-11-21-14-7-6-13(17-18-14)12-4-1-2-8-16-12/h1-2,4,6-8H,3,5,9-11H2. The van der Waals surface area contributed by atoms with Crippen molar-refractivity contribution in [1.82, 2.24) is 20.1 Å². The second-order valence-corrected chi connectivity index (χ2v) is 4.80. The van der Waals surface area contributed by atoms with Crippen LogP contribution in [0.2, 0.25) is 0 Å². The van der Waals surface area contributed by atoms with Crippen LogP contribution in [0.15, 0.2) is 36.5 Å². The van der Waals surface area contributed by atoms with Gasteiger partial charge in [0.15, 0.2) is 0 Å². The van der Waals surface area contributed by atoms with Crippen LogP contribution in [-0.4, -0.2) is 45.7 Å². The molecule has 21 heavy (non-hydrogen) atoms. The van der Waals surface area contributed by atoms with E-state index >= 15 is 0 Å². The number of pyridine rings is 1. The molecule has 0 spiro atoms. The van der Waals surface area contributed by atoms with Crippen molar-refractivity contribution in [2.75, 3.05) is 19.7 Å². The van der Waals surface area contributed by atoms with Crippen molar-refractivity contribution < 1.29 is 9.53 Å². The van der Waals surface area contributed by atoms with Crippen molar-refractivity contribution in [2.24, 2.45) is 0 Å². The summed E-state index contributed by atoms with van der Waals surface area (Å²) in [5.41, 5.74) is 1.48. The van der Waals surface area contributed by atoms with Gasteiger partial charge in [-0.1, -0.05) is 6.07 Å². The van der Waals surface area contributed by atoms with Crippen molar-refractivity contribution in [1.29, 1.82) is 0 Å². The number of nitrogens with zero attached hydrogens (tertiary/aromatic N) is 4. The third-order valence-electron chi connectivity index (χ3n) is 3.35. The summed E-state index contributed by atoms with van der Waals surface area (Å²) in [5.74, 6) is 0.663. The second-order valence-electron chi connectivity index (χ2n) is 4.80. The maximum absolute atomic E-state index is 11.5. The first-order chi connectivity index (χ1) is 10.3. The van der Waals surface area contributed by atoms with Crippen LogP contribution in [0.5, 0.6) is 5.88 Å². The minimum absolute atomic E-state index is 0.204. The van der Waals surface area contributed by atoms with Gasteiger partial charge in [-0.2, -0.15) is 0 Å². The highest BCUT2D eigenvalue weighted by molar-refractivity contribution is 5.78. The predicted molar refractivity (Wildman–Crippen MR) is 76.6 cm³/mol. The van der Waals surface area contributed by atoms with Crippen molar-refractivity contribution in [3.05, 3.63) is 36.5 Å². The third kappa shape index (κ3) is 3.34. The summed E-state index contributed by atoms with van der Waals surface area (Å²) in [5, 5.41) is 8.12. The number of hydrogen-bond acceptors (Lipinski definition) is 5. The molecule has 0 aromatic carbocycles. The molecule has 2 aromatic heterocycles. The van der Waals surface area contributed by atoms with Gasteiger partial charge in [-0.3, -0.25) is 9.78 Å². The van der Waals surface area contributed by atoms with E-state index in [-0.39, 0.29) is 5.91 Å². The van der Waals surface area contributed by atoms with E-state index in [4.69, 9.17) is 4.74 Å². The zero-order valence-corrected chi connectivity index (χ0v) is 11.6. The number of carbonyl (C=O) groups is 1. The normalized spacial score (nSPS) is 14.5. The molecule has 108 valence electrons. The summed E-state index contributed by atoms with van der Waals surface area (Å²) < 4.78 is 5.52. The Bertz CT molecular complexity index is 601. The zero-order chi connectivity index (χ0) is 14.5. The van der Waals surface area contributed by atoms with Crippen molar-refractivity contribution in [3.8, 4) is 17.3 Å². The molecule has 1 saturated heterocycles. The first kappa shape index (κ1) is 13.5. The first-order valence-corrected chi connectivity index (χ1v) is 6.98. The summed E-state index contributed by atoms with van der Waals surface area (Å²) in [6, 6.07) is 9.23. The third-order valence-corrected chi connectivity index (χ3v) is 3.35. The van der Waals surface area contributed by atoms with E-state index in [9.17, 15) is 4.79 Å². The Hall–Kier alpha value is -2.50. The van der Waals surface area contributed by atoms with Gasteiger partial charge < -0.3 is 9.64 Å². The van der Waals surface area contributed by atoms with Crippen LogP contribution in [-0.2, 0) is 4.79 Å². The maximum atomic E-state index is 11.5. The average molecular weight is 284 g/mol. The number of amides is 1. The molecule has 3 rings (SSSR count). The Labute approximate surface area is 122 Å². The van der Waals surface area contributed by atoms with Gasteiger partial charge in [0.1, 0.15) is 12.3 Å². The molecular weight excluding hydrogens is 268 g/mol. The van der Waals surface area contributed by atoms with Crippen LogP contribution >= 0.6 is 0 Å². The Morgan fingerprint density at radius 3 is 2.76 bits per heavy atom. The molecule has 1 aliphatic rings. The van der Waals surface area contributed by atoms with Gasteiger partial charge in [-0.05, 0) is 24.6 Å². The molecule has 0 N–H and O–H groups in total. The largest absolute Gasteiger partial charge is 0.475 e. The van der Waals surface area contributed by atoms with E-state index in [0.29, 0.717) is 31.1 Å². The fraction of sp³-hybridized carbons (Fsp3) is 0.333. The molecule has 0 aliphatic carbocycles. The van der Waals surface area contributed by atoms with Gasteiger partial charge in [-0.15, -0.1) is 10.2 Å². The number of hydrogen-bond donors (Lipinski definition) is 0. The molecule has 1 fully saturated rings. The van der Waals surface area contributed by atoms with Gasteiger partial charge >= 0.3 is 0 Å². The van der Waals surface area contributed by atoms with E-state index in [0.717, 1.165) is 18.7 Å². The maximum Gasteiger partial charge on any atom is 0.233 e. The quantitative estimate of drug-likeness (QED) is 0.833. The molecule has 0 radical (unpaired) electrons. The lowest BCUT2D eigenvalue weighted by Gasteiger charge is -2.15. The van der Waals surface area contributed by atoms with Gasteiger partial charge in [-0.25, -0.2) is 0 Å². The molecule has 6 heteroatoms. The number of aromatic nitrogens is 3. The lowest BCUT2D eigenvalue weighted by molar-refractivity contribution is -0.128. The summed E-state index contributed by atoms with van der Waals surface area (Å²) in [4.78, 5) is 17.5. The Morgan fingerprint density at radius 2 is 2.10 bits per heavy atom. The number of carbonyl (C=O) groups excluding carboxylic acids is 1. The van der Waals surface area contributed by atoms with Crippen LogP contribution in [0, 0.1) is 0 Å². The fourth-order valence-corrected chi connectivity index (χ4v) is 2.25. The Balaban J connectivity index is 1.54. The lowest BCUT2D eigenvalue weighted by Crippen LogP contribution is -2.29. The van der Waals surface area contributed by atoms with Gasteiger partial charge in [0.2, 0.25) is 11.8 Å². The van der Waals surface area contributed by atoms with Crippen LogP contribution in [0.1, 0.15) is 12.8 Å². The molecule has 3 heterocycles. The van der Waals surface area contributed by atoms with E-state index < -0.39 is 0 Å². The minimum Gasteiger partial charge on any atom is -0.475 e. The van der Waals surface area contributed by atoms with E-state index in [1.807, 2.05) is 29.2 Å². The summed E-state index contributed by atoms with van der Waals surface area (Å²) in [7, 11) is 0. The molecule has 6 nitrogen and oxygen atoms in total. The molecule has 1 amide bonds. The summed E-state index contributed by atoms with van der Waals surface area (Å²) in [6.45, 7) is 1.86. The van der Waals surface area contributed by atoms with Crippen LogP contribution in [0.3, 0.4) is 0 Å². The first-order valence-electron chi connectivity index (χ1n) is 6.98. The SMILES string of the molecule is O=C1CCCN1CCOc1ccc(-c2ccccn2)nn1. The van der Waals surface area contributed by atoms with Crippen molar-refractivity contribution in [2.45, 2.75) is 12.8 Å². The monoisotopic (exact) mass is 284 g/mol. The number of ether oxygens (including phenoxy) is 1. The Kier molecular flexibility index (Phi) is 4.04. The van der Waals surface area contributed by atoms with Crippen LogP contribution < -0.4 is 4.74 Å². The smallest absolute Gasteiger partial charge is 0.233 e.